The van der Waals surface area contributed by atoms with Crippen LogP contribution in [0.2, 0.25) is 5.02 Å². The SMILES string of the molecule is Cc1nn(CC(=O)NCCCn2cccn2)cc1Cl. The monoisotopic (exact) mass is 281 g/mol. The highest BCUT2D eigenvalue weighted by Gasteiger charge is 2.06. The molecule has 2 aromatic rings. The number of hydrogen-bond acceptors (Lipinski definition) is 3. The Morgan fingerprint density at radius 1 is 1.47 bits per heavy atom. The normalized spacial score (nSPS) is 10.6. The molecule has 1 N–H and O–H groups in total. The number of halogens is 1. The van der Waals surface area contributed by atoms with E-state index < -0.39 is 0 Å². The molecule has 7 heteroatoms. The van der Waals surface area contributed by atoms with Crippen molar-refractivity contribution in [2.75, 3.05) is 6.54 Å². The molecule has 0 fully saturated rings. The second kappa shape index (κ2) is 6.38. The maximum absolute atomic E-state index is 11.7. The van der Waals surface area contributed by atoms with Gasteiger partial charge in [-0.25, -0.2) is 0 Å². The fraction of sp³-hybridized carbons (Fsp3) is 0.417. The summed E-state index contributed by atoms with van der Waals surface area (Å²) in [6.07, 6.45) is 6.13. The van der Waals surface area contributed by atoms with Crippen LogP contribution in [0.3, 0.4) is 0 Å². The molecule has 0 unspecified atom stereocenters. The highest BCUT2D eigenvalue weighted by molar-refractivity contribution is 6.31. The number of nitrogens with one attached hydrogen (secondary N) is 1. The van der Waals surface area contributed by atoms with Gasteiger partial charge < -0.3 is 5.32 Å². The predicted octanol–water partition coefficient (Wildman–Crippen LogP) is 1.25. The van der Waals surface area contributed by atoms with E-state index in [0.29, 0.717) is 11.6 Å². The Bertz CT molecular complexity index is 515. The fourth-order valence-corrected chi connectivity index (χ4v) is 1.83. The summed E-state index contributed by atoms with van der Waals surface area (Å²) in [4.78, 5) is 11.7. The van der Waals surface area contributed by atoms with Crippen molar-refractivity contribution in [1.29, 1.82) is 0 Å². The molecule has 0 aliphatic carbocycles. The molecule has 2 heterocycles. The lowest BCUT2D eigenvalue weighted by atomic mass is 10.4. The Kier molecular flexibility index (Phi) is 4.57. The second-order valence-electron chi connectivity index (χ2n) is 4.23. The number of amides is 1. The molecule has 0 atom stereocenters. The van der Waals surface area contributed by atoms with Crippen molar-refractivity contribution >= 4 is 17.5 Å². The summed E-state index contributed by atoms with van der Waals surface area (Å²) in [6.45, 7) is 3.41. The van der Waals surface area contributed by atoms with E-state index in [2.05, 4.69) is 15.5 Å². The van der Waals surface area contributed by atoms with Gasteiger partial charge in [-0.1, -0.05) is 11.6 Å². The van der Waals surface area contributed by atoms with Gasteiger partial charge in [0.05, 0.1) is 10.7 Å². The molecule has 1 amide bonds. The number of hydrogen-bond donors (Lipinski definition) is 1. The standard InChI is InChI=1S/C12H16ClN5O/c1-10-11(13)8-18(16-10)9-12(19)14-4-2-6-17-7-3-5-15-17/h3,5,7-8H,2,4,6,9H2,1H3,(H,14,19). The summed E-state index contributed by atoms with van der Waals surface area (Å²) >= 11 is 5.87. The fourth-order valence-electron chi connectivity index (χ4n) is 1.68. The number of carbonyl (C=O) groups excluding carboxylic acids is 1. The molecular formula is C12H16ClN5O. The summed E-state index contributed by atoms with van der Waals surface area (Å²) < 4.78 is 3.38. The molecule has 0 saturated heterocycles. The van der Waals surface area contributed by atoms with Crippen molar-refractivity contribution in [1.82, 2.24) is 24.9 Å². The largest absolute Gasteiger partial charge is 0.354 e. The Morgan fingerprint density at radius 2 is 2.32 bits per heavy atom. The molecule has 0 bridgehead atoms. The first-order valence-electron chi connectivity index (χ1n) is 6.09. The lowest BCUT2D eigenvalue weighted by Crippen LogP contribution is -2.29. The molecule has 6 nitrogen and oxygen atoms in total. The topological polar surface area (TPSA) is 64.7 Å². The molecule has 0 radical (unpaired) electrons. The highest BCUT2D eigenvalue weighted by Crippen LogP contribution is 2.11. The van der Waals surface area contributed by atoms with Gasteiger partial charge in [0, 0.05) is 31.7 Å². The van der Waals surface area contributed by atoms with Crippen molar-refractivity contribution in [3.8, 4) is 0 Å². The van der Waals surface area contributed by atoms with Crippen LogP contribution in [0, 0.1) is 6.92 Å². The van der Waals surface area contributed by atoms with Crippen LogP contribution in [0.1, 0.15) is 12.1 Å². The van der Waals surface area contributed by atoms with Gasteiger partial charge in [0.1, 0.15) is 6.54 Å². The first kappa shape index (κ1) is 13.6. The third-order valence-electron chi connectivity index (χ3n) is 2.64. The van der Waals surface area contributed by atoms with E-state index in [9.17, 15) is 4.79 Å². The molecule has 2 aromatic heterocycles. The minimum atomic E-state index is -0.0698. The zero-order chi connectivity index (χ0) is 13.7. The highest BCUT2D eigenvalue weighted by atomic mass is 35.5. The average molecular weight is 282 g/mol. The number of nitrogens with zero attached hydrogens (tertiary/aromatic N) is 4. The number of rotatable bonds is 6. The second-order valence-corrected chi connectivity index (χ2v) is 4.64. The summed E-state index contributed by atoms with van der Waals surface area (Å²) in [5.41, 5.74) is 0.730. The molecule has 0 aliphatic rings. The van der Waals surface area contributed by atoms with Gasteiger partial charge in [-0.05, 0) is 19.4 Å². The molecule has 0 spiro atoms. The van der Waals surface area contributed by atoms with Crippen LogP contribution in [0.5, 0.6) is 0 Å². The Labute approximate surface area is 116 Å². The van der Waals surface area contributed by atoms with Crippen LogP contribution < -0.4 is 5.32 Å². The Balaban J connectivity index is 1.67. The van der Waals surface area contributed by atoms with Gasteiger partial charge in [0.2, 0.25) is 5.91 Å². The van der Waals surface area contributed by atoms with E-state index >= 15 is 0 Å². The van der Waals surface area contributed by atoms with Gasteiger partial charge in [-0.15, -0.1) is 0 Å². The van der Waals surface area contributed by atoms with E-state index in [1.54, 1.807) is 24.0 Å². The van der Waals surface area contributed by atoms with E-state index in [1.807, 2.05) is 16.9 Å². The van der Waals surface area contributed by atoms with Gasteiger partial charge in [-0.3, -0.25) is 14.2 Å². The minimum absolute atomic E-state index is 0.0698. The molecule has 0 saturated carbocycles. The lowest BCUT2D eigenvalue weighted by Gasteiger charge is -2.05. The average Bonchev–Trinajstić information content (AvgIpc) is 2.96. The van der Waals surface area contributed by atoms with Crippen molar-refractivity contribution < 1.29 is 4.79 Å². The summed E-state index contributed by atoms with van der Waals surface area (Å²) in [5, 5.41) is 11.6. The van der Waals surface area contributed by atoms with Crippen molar-refractivity contribution in [3.63, 3.8) is 0 Å². The van der Waals surface area contributed by atoms with Crippen LogP contribution in [0.15, 0.2) is 24.7 Å². The Hall–Kier alpha value is -1.82. The smallest absolute Gasteiger partial charge is 0.241 e. The van der Waals surface area contributed by atoms with Crippen LogP contribution in [0.25, 0.3) is 0 Å². The Morgan fingerprint density at radius 3 is 2.95 bits per heavy atom. The predicted molar refractivity (Wildman–Crippen MR) is 71.8 cm³/mol. The van der Waals surface area contributed by atoms with Gasteiger partial charge in [-0.2, -0.15) is 10.2 Å². The molecule has 2 rings (SSSR count). The molecule has 0 aliphatic heterocycles. The first-order chi connectivity index (χ1) is 9.15. The molecular weight excluding hydrogens is 266 g/mol. The van der Waals surface area contributed by atoms with Gasteiger partial charge in [0.15, 0.2) is 0 Å². The molecule has 0 aromatic carbocycles. The van der Waals surface area contributed by atoms with E-state index in [1.165, 1.54) is 0 Å². The molecule has 102 valence electrons. The summed E-state index contributed by atoms with van der Waals surface area (Å²) in [6, 6.07) is 1.88. The minimum Gasteiger partial charge on any atom is -0.354 e. The van der Waals surface area contributed by atoms with Crippen LogP contribution in [0.4, 0.5) is 0 Å². The number of aryl methyl sites for hydroxylation is 2. The lowest BCUT2D eigenvalue weighted by molar-refractivity contribution is -0.121. The third-order valence-corrected chi connectivity index (χ3v) is 3.01. The van der Waals surface area contributed by atoms with E-state index in [-0.39, 0.29) is 12.5 Å². The zero-order valence-corrected chi connectivity index (χ0v) is 11.5. The summed E-state index contributed by atoms with van der Waals surface area (Å²) in [7, 11) is 0. The van der Waals surface area contributed by atoms with E-state index in [0.717, 1.165) is 18.7 Å². The summed E-state index contributed by atoms with van der Waals surface area (Å²) in [5.74, 6) is -0.0698. The van der Waals surface area contributed by atoms with Crippen molar-refractivity contribution in [2.24, 2.45) is 0 Å². The van der Waals surface area contributed by atoms with Gasteiger partial charge in [0.25, 0.3) is 0 Å². The van der Waals surface area contributed by atoms with E-state index in [4.69, 9.17) is 11.6 Å². The van der Waals surface area contributed by atoms with Crippen LogP contribution in [-0.4, -0.2) is 32.0 Å². The number of aromatic nitrogens is 4. The third kappa shape index (κ3) is 4.10. The van der Waals surface area contributed by atoms with Crippen LogP contribution >= 0.6 is 11.6 Å². The molecule has 19 heavy (non-hydrogen) atoms. The van der Waals surface area contributed by atoms with Crippen LogP contribution in [-0.2, 0) is 17.9 Å². The quantitative estimate of drug-likeness (QED) is 0.811. The number of carbonyl (C=O) groups is 1. The van der Waals surface area contributed by atoms with Crippen molar-refractivity contribution in [2.45, 2.75) is 26.4 Å². The van der Waals surface area contributed by atoms with Crippen molar-refractivity contribution in [3.05, 3.63) is 35.4 Å². The maximum Gasteiger partial charge on any atom is 0.241 e. The zero-order valence-electron chi connectivity index (χ0n) is 10.7. The maximum atomic E-state index is 11.7. The van der Waals surface area contributed by atoms with Gasteiger partial charge >= 0.3 is 0 Å². The first-order valence-corrected chi connectivity index (χ1v) is 6.46.